The molecule has 0 aliphatic carbocycles. The van der Waals surface area contributed by atoms with Gasteiger partial charge >= 0.3 is 0 Å². The number of benzene rings is 2. The van der Waals surface area contributed by atoms with Crippen LogP contribution in [0.2, 0.25) is 0 Å². The maximum Gasteiger partial charge on any atom is 0.239 e. The average Bonchev–Trinajstić information content (AvgIpc) is 3.48. The highest BCUT2D eigenvalue weighted by Crippen LogP contribution is 2.31. The van der Waals surface area contributed by atoms with E-state index < -0.39 is 0 Å². The minimum atomic E-state index is -0.0196. The molecule has 0 fully saturated rings. The summed E-state index contributed by atoms with van der Waals surface area (Å²) in [7, 11) is 0. The molecule has 5 aromatic rings. The zero-order chi connectivity index (χ0) is 23.5. The predicted octanol–water partition coefficient (Wildman–Crippen LogP) is 5.39. The van der Waals surface area contributed by atoms with Crippen LogP contribution in [-0.4, -0.2) is 42.9 Å². The Bertz CT molecular complexity index is 1410. The van der Waals surface area contributed by atoms with Crippen molar-refractivity contribution in [1.82, 2.24) is 24.7 Å². The van der Waals surface area contributed by atoms with E-state index in [4.69, 9.17) is 0 Å². The van der Waals surface area contributed by atoms with Gasteiger partial charge in [0.2, 0.25) is 5.91 Å². The normalized spacial score (nSPS) is 11.1. The summed E-state index contributed by atoms with van der Waals surface area (Å²) < 4.78 is 3.06. The number of thioether (sulfide) groups is 1. The molecule has 0 saturated carbocycles. The van der Waals surface area contributed by atoms with Crippen molar-refractivity contribution < 1.29 is 4.79 Å². The van der Waals surface area contributed by atoms with E-state index in [1.807, 2.05) is 79.1 Å². The molecule has 170 valence electrons. The summed E-state index contributed by atoms with van der Waals surface area (Å²) in [4.78, 5) is 23.8. The molecule has 5 rings (SSSR count). The van der Waals surface area contributed by atoms with Crippen molar-refractivity contribution in [3.63, 3.8) is 0 Å². The average molecular weight is 487 g/mol. The first-order valence-electron chi connectivity index (χ1n) is 10.9. The summed E-state index contributed by atoms with van der Waals surface area (Å²) in [5.41, 5.74) is 3.83. The number of aromatic nitrogens is 5. The van der Waals surface area contributed by atoms with Crippen LogP contribution in [0.3, 0.4) is 0 Å². The Balaban J connectivity index is 1.44. The quantitative estimate of drug-likeness (QED) is 0.287. The predicted molar refractivity (Wildman–Crippen MR) is 138 cm³/mol. The molecule has 7 nitrogen and oxygen atoms in total. The molecule has 0 saturated heterocycles. The van der Waals surface area contributed by atoms with E-state index in [2.05, 4.69) is 20.2 Å². The highest BCUT2D eigenvalue weighted by Gasteiger charge is 2.22. The number of rotatable bonds is 7. The highest BCUT2D eigenvalue weighted by molar-refractivity contribution is 7.99. The van der Waals surface area contributed by atoms with Crippen molar-refractivity contribution in [2.75, 3.05) is 17.2 Å². The van der Waals surface area contributed by atoms with E-state index in [-0.39, 0.29) is 11.7 Å². The minimum Gasteiger partial charge on any atom is -0.288 e. The topological polar surface area (TPSA) is 76.8 Å². The minimum absolute atomic E-state index is 0.0196. The van der Waals surface area contributed by atoms with Gasteiger partial charge in [-0.3, -0.25) is 19.2 Å². The van der Waals surface area contributed by atoms with Crippen molar-refractivity contribution in [3.8, 4) is 17.1 Å². The lowest BCUT2D eigenvalue weighted by Gasteiger charge is -2.17. The Kier molecular flexibility index (Phi) is 6.37. The molecule has 0 radical (unpaired) electrons. The smallest absolute Gasteiger partial charge is 0.239 e. The lowest BCUT2D eigenvalue weighted by Crippen LogP contribution is -2.32. The molecule has 0 aliphatic rings. The number of hydrogen-bond acceptors (Lipinski definition) is 7. The maximum absolute atomic E-state index is 13.2. The third-order valence-electron chi connectivity index (χ3n) is 5.36. The van der Waals surface area contributed by atoms with Crippen LogP contribution < -0.4 is 4.90 Å². The lowest BCUT2D eigenvalue weighted by atomic mass is 10.2. The summed E-state index contributed by atoms with van der Waals surface area (Å²) in [6, 6.07) is 19.8. The van der Waals surface area contributed by atoms with Gasteiger partial charge in [-0.15, -0.1) is 10.2 Å². The van der Waals surface area contributed by atoms with Gasteiger partial charge in [-0.2, -0.15) is 0 Å². The van der Waals surface area contributed by atoms with Crippen molar-refractivity contribution in [2.45, 2.75) is 19.0 Å². The van der Waals surface area contributed by atoms with Crippen molar-refractivity contribution >= 4 is 44.4 Å². The van der Waals surface area contributed by atoms with Gasteiger partial charge in [0, 0.05) is 24.5 Å². The van der Waals surface area contributed by atoms with Crippen LogP contribution in [-0.2, 0) is 4.79 Å². The number of pyridine rings is 1. The Morgan fingerprint density at radius 2 is 1.88 bits per heavy atom. The fraction of sp³-hybridized carbons (Fsp3) is 0.160. The molecule has 3 aromatic heterocycles. The zero-order valence-electron chi connectivity index (χ0n) is 18.8. The van der Waals surface area contributed by atoms with Gasteiger partial charge in [0.15, 0.2) is 16.1 Å². The van der Waals surface area contributed by atoms with Crippen LogP contribution in [0.15, 0.2) is 78.2 Å². The second-order valence-corrected chi connectivity index (χ2v) is 9.51. The standard InChI is InChI=1S/C25H22N6OS2/c1-3-30(24-27-19-11-5-7-13-21(19)34-24)22(32)16-33-25-29-28-23(18-10-8-14-26-15-18)31(25)20-12-6-4-9-17(20)2/h4-15H,3,16H2,1-2H3. The van der Waals surface area contributed by atoms with Crippen LogP contribution in [0.5, 0.6) is 0 Å². The fourth-order valence-corrected chi connectivity index (χ4v) is 5.54. The van der Waals surface area contributed by atoms with Crippen LogP contribution >= 0.6 is 23.1 Å². The van der Waals surface area contributed by atoms with E-state index in [0.29, 0.717) is 22.7 Å². The van der Waals surface area contributed by atoms with E-state index in [9.17, 15) is 4.79 Å². The number of anilines is 1. The largest absolute Gasteiger partial charge is 0.288 e. The first-order valence-corrected chi connectivity index (χ1v) is 12.7. The molecule has 0 spiro atoms. The molecule has 0 atom stereocenters. The van der Waals surface area contributed by atoms with Crippen LogP contribution in [0, 0.1) is 6.92 Å². The Morgan fingerprint density at radius 1 is 1.06 bits per heavy atom. The van der Waals surface area contributed by atoms with Gasteiger partial charge in [-0.25, -0.2) is 4.98 Å². The number of hydrogen-bond donors (Lipinski definition) is 0. The molecular formula is C25H22N6OS2. The molecule has 0 N–H and O–H groups in total. The molecule has 0 bridgehead atoms. The zero-order valence-corrected chi connectivity index (χ0v) is 20.4. The summed E-state index contributed by atoms with van der Waals surface area (Å²) in [5, 5.41) is 10.3. The van der Waals surface area contributed by atoms with E-state index >= 15 is 0 Å². The number of para-hydroxylation sites is 2. The van der Waals surface area contributed by atoms with Gasteiger partial charge in [-0.1, -0.05) is 53.4 Å². The molecule has 9 heteroatoms. The first kappa shape index (κ1) is 22.2. The molecule has 0 unspecified atom stereocenters. The van der Waals surface area contributed by atoms with Crippen LogP contribution in [0.25, 0.3) is 27.3 Å². The number of thiazole rings is 1. The molecule has 0 aliphatic heterocycles. The third kappa shape index (κ3) is 4.32. The summed E-state index contributed by atoms with van der Waals surface area (Å²) >= 11 is 2.90. The summed E-state index contributed by atoms with van der Waals surface area (Å²) in [6.07, 6.45) is 3.50. The Morgan fingerprint density at radius 3 is 2.65 bits per heavy atom. The number of carbonyl (C=O) groups is 1. The number of carbonyl (C=O) groups excluding carboxylic acids is 1. The summed E-state index contributed by atoms with van der Waals surface area (Å²) in [6.45, 7) is 4.56. The molecule has 3 heterocycles. The van der Waals surface area contributed by atoms with E-state index in [1.165, 1.54) is 23.1 Å². The van der Waals surface area contributed by atoms with E-state index in [1.54, 1.807) is 17.3 Å². The van der Waals surface area contributed by atoms with Crippen molar-refractivity contribution in [1.29, 1.82) is 0 Å². The Labute approximate surface area is 205 Å². The van der Waals surface area contributed by atoms with Gasteiger partial charge in [0.25, 0.3) is 0 Å². The molecule has 2 aromatic carbocycles. The summed E-state index contributed by atoms with van der Waals surface area (Å²) in [5.74, 6) is 0.894. The number of aryl methyl sites for hydroxylation is 1. The third-order valence-corrected chi connectivity index (χ3v) is 7.34. The fourth-order valence-electron chi connectivity index (χ4n) is 3.67. The number of nitrogens with zero attached hydrogens (tertiary/aromatic N) is 6. The van der Waals surface area contributed by atoms with Gasteiger partial charge in [0.05, 0.1) is 21.7 Å². The second kappa shape index (κ2) is 9.74. The highest BCUT2D eigenvalue weighted by atomic mass is 32.2. The Hall–Kier alpha value is -3.56. The van der Waals surface area contributed by atoms with Crippen LogP contribution in [0.4, 0.5) is 5.13 Å². The number of fused-ring (bicyclic) bond motifs is 1. The SMILES string of the molecule is CCN(C(=O)CSc1nnc(-c2cccnc2)n1-c1ccccc1C)c1nc2ccccc2s1. The first-order chi connectivity index (χ1) is 16.7. The maximum atomic E-state index is 13.2. The monoisotopic (exact) mass is 486 g/mol. The molecule has 34 heavy (non-hydrogen) atoms. The lowest BCUT2D eigenvalue weighted by molar-refractivity contribution is -0.116. The second-order valence-electron chi connectivity index (χ2n) is 7.56. The van der Waals surface area contributed by atoms with Gasteiger partial charge in [-0.05, 0) is 49.7 Å². The number of amides is 1. The van der Waals surface area contributed by atoms with E-state index in [0.717, 1.165) is 27.0 Å². The molecule has 1 amide bonds. The van der Waals surface area contributed by atoms with Crippen LogP contribution in [0.1, 0.15) is 12.5 Å². The van der Waals surface area contributed by atoms with Crippen molar-refractivity contribution in [2.24, 2.45) is 0 Å². The van der Waals surface area contributed by atoms with Crippen molar-refractivity contribution in [3.05, 3.63) is 78.6 Å². The van der Waals surface area contributed by atoms with Gasteiger partial charge in [0.1, 0.15) is 0 Å². The van der Waals surface area contributed by atoms with Gasteiger partial charge < -0.3 is 0 Å². The molecular weight excluding hydrogens is 464 g/mol.